The van der Waals surface area contributed by atoms with Gasteiger partial charge in [0.25, 0.3) is 0 Å². The van der Waals surface area contributed by atoms with Gasteiger partial charge in [-0.15, -0.1) is 0 Å². The summed E-state index contributed by atoms with van der Waals surface area (Å²) in [6.07, 6.45) is 6.36. The monoisotopic (exact) mass is 170 g/mol. The third-order valence-corrected chi connectivity index (χ3v) is 4.14. The van der Waals surface area contributed by atoms with E-state index in [9.17, 15) is 4.39 Å². The summed E-state index contributed by atoms with van der Waals surface area (Å²) >= 11 is 0. The maximum atomic E-state index is 12.2. The zero-order valence-electron chi connectivity index (χ0n) is 7.93. The summed E-state index contributed by atoms with van der Waals surface area (Å²) in [5, 5.41) is 0. The number of fused-ring (bicyclic) bond motifs is 2. The molecule has 0 N–H and O–H groups in total. The van der Waals surface area contributed by atoms with Crippen LogP contribution in [0.5, 0.6) is 0 Å². The van der Waals surface area contributed by atoms with Crippen molar-refractivity contribution in [2.45, 2.75) is 39.0 Å². The SMILES string of the molecule is CC1CC(CCF)C2CCC1C2. The Morgan fingerprint density at radius 1 is 1.17 bits per heavy atom. The fourth-order valence-electron chi connectivity index (χ4n) is 3.35. The Morgan fingerprint density at radius 2 is 1.92 bits per heavy atom. The van der Waals surface area contributed by atoms with Crippen LogP contribution in [0.25, 0.3) is 0 Å². The second-order valence-electron chi connectivity index (χ2n) is 4.78. The van der Waals surface area contributed by atoms with Crippen LogP contribution in [0.15, 0.2) is 0 Å². The predicted molar refractivity (Wildman–Crippen MR) is 48.7 cm³/mol. The molecule has 1 heteroatoms. The molecule has 0 aromatic heterocycles. The van der Waals surface area contributed by atoms with Gasteiger partial charge in [-0.2, -0.15) is 0 Å². The number of alkyl halides is 1. The van der Waals surface area contributed by atoms with Crippen molar-refractivity contribution in [1.82, 2.24) is 0 Å². The average molecular weight is 170 g/mol. The Hall–Kier alpha value is -0.0700. The van der Waals surface area contributed by atoms with E-state index in [-0.39, 0.29) is 6.67 Å². The second-order valence-corrected chi connectivity index (χ2v) is 4.78. The van der Waals surface area contributed by atoms with E-state index in [1.54, 1.807) is 0 Å². The van der Waals surface area contributed by atoms with Gasteiger partial charge in [-0.05, 0) is 55.8 Å². The average Bonchev–Trinajstić information content (AvgIpc) is 2.46. The Labute approximate surface area is 74.5 Å². The van der Waals surface area contributed by atoms with E-state index in [0.717, 1.165) is 30.1 Å². The standard InChI is InChI=1S/C11H19F/c1-8-6-11(4-5-12)10-3-2-9(8)7-10/h8-11H,2-7H2,1H3. The Morgan fingerprint density at radius 3 is 2.67 bits per heavy atom. The van der Waals surface area contributed by atoms with Crippen LogP contribution in [0.1, 0.15) is 39.0 Å². The molecule has 2 aliphatic carbocycles. The summed E-state index contributed by atoms with van der Waals surface area (Å²) in [6.45, 7) is 2.26. The maximum Gasteiger partial charge on any atom is 0.0897 e. The summed E-state index contributed by atoms with van der Waals surface area (Å²) in [5.41, 5.74) is 0. The predicted octanol–water partition coefficient (Wildman–Crippen LogP) is 3.42. The van der Waals surface area contributed by atoms with Gasteiger partial charge in [-0.1, -0.05) is 6.92 Å². The number of hydrogen-bond donors (Lipinski definition) is 0. The molecule has 2 saturated carbocycles. The largest absolute Gasteiger partial charge is 0.251 e. The summed E-state index contributed by atoms with van der Waals surface area (Å²) in [4.78, 5) is 0. The third-order valence-electron chi connectivity index (χ3n) is 4.14. The van der Waals surface area contributed by atoms with Crippen molar-refractivity contribution in [3.05, 3.63) is 0 Å². The van der Waals surface area contributed by atoms with Gasteiger partial charge in [0.2, 0.25) is 0 Å². The summed E-state index contributed by atoms with van der Waals surface area (Å²) < 4.78 is 12.2. The van der Waals surface area contributed by atoms with Crippen molar-refractivity contribution >= 4 is 0 Å². The van der Waals surface area contributed by atoms with E-state index in [0.29, 0.717) is 0 Å². The van der Waals surface area contributed by atoms with Crippen molar-refractivity contribution in [1.29, 1.82) is 0 Å². The third kappa shape index (κ3) is 1.38. The van der Waals surface area contributed by atoms with E-state index in [1.807, 2.05) is 0 Å². The fraction of sp³-hybridized carbons (Fsp3) is 1.00. The van der Waals surface area contributed by atoms with Crippen molar-refractivity contribution in [2.75, 3.05) is 6.67 Å². The lowest BCUT2D eigenvalue weighted by molar-refractivity contribution is 0.165. The highest BCUT2D eigenvalue weighted by molar-refractivity contribution is 4.89. The molecule has 0 nitrogen and oxygen atoms in total. The van der Waals surface area contributed by atoms with Gasteiger partial charge in [0.1, 0.15) is 0 Å². The number of rotatable bonds is 2. The molecule has 2 bridgehead atoms. The molecule has 0 aromatic carbocycles. The van der Waals surface area contributed by atoms with Crippen molar-refractivity contribution < 1.29 is 4.39 Å². The maximum absolute atomic E-state index is 12.2. The van der Waals surface area contributed by atoms with Crippen molar-refractivity contribution in [2.24, 2.45) is 23.7 Å². The van der Waals surface area contributed by atoms with E-state index >= 15 is 0 Å². The minimum absolute atomic E-state index is 0.0987. The molecule has 0 aromatic rings. The minimum atomic E-state index is -0.0987. The van der Waals surface area contributed by atoms with Crippen LogP contribution in [-0.4, -0.2) is 6.67 Å². The molecular weight excluding hydrogens is 151 g/mol. The Balaban J connectivity index is 1.97. The van der Waals surface area contributed by atoms with Gasteiger partial charge in [-0.25, -0.2) is 0 Å². The summed E-state index contributed by atoms with van der Waals surface area (Å²) in [5.74, 6) is 3.48. The lowest BCUT2D eigenvalue weighted by Crippen LogP contribution is -2.24. The highest BCUT2D eigenvalue weighted by Gasteiger charge is 2.39. The quantitative estimate of drug-likeness (QED) is 0.595. The lowest BCUT2D eigenvalue weighted by atomic mass is 9.73. The van der Waals surface area contributed by atoms with Crippen LogP contribution in [0, 0.1) is 23.7 Å². The summed E-state index contributed by atoms with van der Waals surface area (Å²) in [6, 6.07) is 0. The van der Waals surface area contributed by atoms with Gasteiger partial charge in [-0.3, -0.25) is 4.39 Å². The molecule has 0 spiro atoms. The first-order valence-corrected chi connectivity index (χ1v) is 5.37. The van der Waals surface area contributed by atoms with E-state index in [2.05, 4.69) is 6.92 Å². The molecule has 2 aliphatic rings. The van der Waals surface area contributed by atoms with Crippen LogP contribution < -0.4 is 0 Å². The minimum Gasteiger partial charge on any atom is -0.251 e. The molecule has 2 rings (SSSR count). The van der Waals surface area contributed by atoms with Gasteiger partial charge >= 0.3 is 0 Å². The van der Waals surface area contributed by atoms with Crippen LogP contribution in [0.3, 0.4) is 0 Å². The molecule has 0 amide bonds. The van der Waals surface area contributed by atoms with Crippen LogP contribution in [0.2, 0.25) is 0 Å². The second kappa shape index (κ2) is 3.35. The molecule has 70 valence electrons. The van der Waals surface area contributed by atoms with E-state index in [4.69, 9.17) is 0 Å². The molecule has 4 atom stereocenters. The van der Waals surface area contributed by atoms with Gasteiger partial charge in [0.05, 0.1) is 6.67 Å². The molecule has 2 fully saturated rings. The van der Waals surface area contributed by atoms with E-state index < -0.39 is 0 Å². The van der Waals surface area contributed by atoms with Crippen molar-refractivity contribution in [3.63, 3.8) is 0 Å². The Bertz CT molecular complexity index is 155. The van der Waals surface area contributed by atoms with Crippen LogP contribution >= 0.6 is 0 Å². The van der Waals surface area contributed by atoms with Gasteiger partial charge in [0, 0.05) is 0 Å². The fourth-order valence-corrected chi connectivity index (χ4v) is 3.35. The zero-order valence-corrected chi connectivity index (χ0v) is 7.93. The summed E-state index contributed by atoms with van der Waals surface area (Å²) in [7, 11) is 0. The molecule has 4 unspecified atom stereocenters. The van der Waals surface area contributed by atoms with Crippen LogP contribution in [0.4, 0.5) is 4.39 Å². The highest BCUT2D eigenvalue weighted by Crippen LogP contribution is 2.49. The Kier molecular flexibility index (Phi) is 2.38. The number of halogens is 1. The van der Waals surface area contributed by atoms with E-state index in [1.165, 1.54) is 25.7 Å². The highest BCUT2D eigenvalue weighted by atomic mass is 19.1. The van der Waals surface area contributed by atoms with Crippen LogP contribution in [-0.2, 0) is 0 Å². The number of hydrogen-bond acceptors (Lipinski definition) is 0. The normalized spacial score (nSPS) is 46.5. The van der Waals surface area contributed by atoms with Gasteiger partial charge in [0.15, 0.2) is 0 Å². The first kappa shape index (κ1) is 8.52. The first-order chi connectivity index (χ1) is 5.81. The topological polar surface area (TPSA) is 0 Å². The molecule has 12 heavy (non-hydrogen) atoms. The van der Waals surface area contributed by atoms with Crippen molar-refractivity contribution in [3.8, 4) is 0 Å². The molecule has 0 radical (unpaired) electrons. The zero-order chi connectivity index (χ0) is 8.55. The van der Waals surface area contributed by atoms with Gasteiger partial charge < -0.3 is 0 Å². The molecule has 0 heterocycles. The lowest BCUT2D eigenvalue weighted by Gasteiger charge is -2.32. The first-order valence-electron chi connectivity index (χ1n) is 5.37. The smallest absolute Gasteiger partial charge is 0.0897 e. The molecular formula is C11H19F. The molecule has 0 aliphatic heterocycles. The molecule has 0 saturated heterocycles.